The highest BCUT2D eigenvalue weighted by molar-refractivity contribution is 7.19. The second-order valence-electron chi connectivity index (χ2n) is 6.29. The van der Waals surface area contributed by atoms with Crippen molar-refractivity contribution < 1.29 is 17.6 Å². The van der Waals surface area contributed by atoms with Crippen LogP contribution in [0.5, 0.6) is 0 Å². The topological polar surface area (TPSA) is 47.7 Å². The highest BCUT2D eigenvalue weighted by Crippen LogP contribution is 2.43. The van der Waals surface area contributed by atoms with Crippen LogP contribution in [0.15, 0.2) is 0 Å². The first-order chi connectivity index (χ1) is 12.3. The van der Waals surface area contributed by atoms with Gasteiger partial charge in [-0.2, -0.15) is 8.78 Å². The summed E-state index contributed by atoms with van der Waals surface area (Å²) in [4.78, 5) is 0. The van der Waals surface area contributed by atoms with Crippen molar-refractivity contribution in [3.63, 3.8) is 0 Å². The molecular weight excluding hydrogens is 384 g/mol. The van der Waals surface area contributed by atoms with Crippen molar-refractivity contribution in [3.05, 3.63) is 43.7 Å². The first kappa shape index (κ1) is 15.9. The van der Waals surface area contributed by atoms with Crippen LogP contribution in [-0.2, 0) is 0 Å². The number of aryl methyl sites for hydroxylation is 2. The normalized spacial score (nSPS) is 12.5. The van der Waals surface area contributed by atoms with Crippen molar-refractivity contribution in [3.8, 4) is 0 Å². The molecule has 5 rings (SSSR count). The van der Waals surface area contributed by atoms with Crippen LogP contribution in [0.4, 0.5) is 17.6 Å². The monoisotopic (exact) mass is 392 g/mol. The highest BCUT2D eigenvalue weighted by Gasteiger charge is 2.27. The van der Waals surface area contributed by atoms with E-state index in [1.54, 1.807) is 13.8 Å². The Kier molecular flexibility index (Phi) is 2.87. The fraction of sp³-hybridized carbons (Fsp3) is 0.111. The van der Waals surface area contributed by atoms with E-state index in [0.717, 1.165) is 0 Å². The molecule has 0 spiro atoms. The third-order valence-corrected chi connectivity index (χ3v) is 7.02. The Bertz CT molecular complexity index is 1410. The van der Waals surface area contributed by atoms with E-state index >= 15 is 0 Å². The molecule has 8 heteroatoms. The smallest absolute Gasteiger partial charge is 0.213 e. The van der Waals surface area contributed by atoms with E-state index in [4.69, 9.17) is 10.8 Å². The molecule has 0 aliphatic carbocycles. The van der Waals surface area contributed by atoms with Crippen molar-refractivity contribution in [2.45, 2.75) is 13.8 Å². The number of fused-ring (bicyclic) bond motifs is 6. The lowest BCUT2D eigenvalue weighted by Gasteiger charge is -2.06. The third kappa shape index (κ3) is 1.54. The van der Waals surface area contributed by atoms with Crippen LogP contribution < -0.4 is 10.7 Å². The minimum Gasteiger partial charge on any atom is -0.299 e. The second kappa shape index (κ2) is 4.69. The third-order valence-electron chi connectivity index (χ3n) is 5.08. The van der Waals surface area contributed by atoms with Crippen LogP contribution in [0.3, 0.4) is 0 Å². The zero-order valence-corrected chi connectivity index (χ0v) is 15.0. The van der Waals surface area contributed by atoms with Gasteiger partial charge < -0.3 is 0 Å². The van der Waals surface area contributed by atoms with Gasteiger partial charge in [-0.1, -0.05) is 0 Å². The number of hydrogen-bond acceptors (Lipinski definition) is 4. The Morgan fingerprint density at radius 2 is 0.923 bits per heavy atom. The summed E-state index contributed by atoms with van der Waals surface area (Å²) in [6.07, 6.45) is 0. The molecule has 0 bridgehead atoms. The molecule has 2 N–H and O–H groups in total. The van der Waals surface area contributed by atoms with Gasteiger partial charge in [0.05, 0.1) is 30.9 Å². The Morgan fingerprint density at radius 3 is 1.27 bits per heavy atom. The van der Waals surface area contributed by atoms with Crippen LogP contribution in [0.2, 0.25) is 0 Å². The molecule has 0 unspecified atom stereocenters. The fourth-order valence-corrected chi connectivity index (χ4v) is 6.05. The fourth-order valence-electron chi connectivity index (χ4n) is 4.01. The van der Waals surface area contributed by atoms with Gasteiger partial charge in [-0.25, -0.2) is 8.78 Å². The summed E-state index contributed by atoms with van der Waals surface area (Å²) in [7, 11) is 0. The number of benzene rings is 1. The van der Waals surface area contributed by atoms with Crippen LogP contribution in [-0.4, -0.2) is 0 Å². The average molecular weight is 392 g/mol. The number of hydrogen-bond donors (Lipinski definition) is 2. The molecule has 3 aromatic carbocycles. The van der Waals surface area contributed by atoms with Gasteiger partial charge >= 0.3 is 0 Å². The quantitative estimate of drug-likeness (QED) is 0.330. The lowest BCUT2D eigenvalue weighted by atomic mass is 9.98. The van der Waals surface area contributed by atoms with Gasteiger partial charge in [0.25, 0.3) is 0 Å². The molecule has 26 heavy (non-hydrogen) atoms. The van der Waals surface area contributed by atoms with Gasteiger partial charge in [0.2, 0.25) is 10.3 Å². The summed E-state index contributed by atoms with van der Waals surface area (Å²) in [6.45, 7) is 3.38. The molecule has 2 aromatic heterocycles. The maximum atomic E-state index is 14.2. The largest absolute Gasteiger partial charge is 0.299 e. The Labute approximate surface area is 150 Å². The van der Waals surface area contributed by atoms with Gasteiger partial charge in [-0.05, 0) is 25.0 Å². The molecule has 0 saturated heterocycles. The molecule has 0 fully saturated rings. The first-order valence-corrected chi connectivity index (χ1v) is 9.21. The van der Waals surface area contributed by atoms with Gasteiger partial charge in [0.15, 0.2) is 11.6 Å². The van der Waals surface area contributed by atoms with Crippen molar-refractivity contribution in [1.29, 1.82) is 10.8 Å². The summed E-state index contributed by atoms with van der Waals surface area (Å²) in [6, 6.07) is 0. The Balaban J connectivity index is 2.22. The molecule has 0 radical (unpaired) electrons. The number of nitrogens with one attached hydrogen (secondary N) is 2. The van der Waals surface area contributed by atoms with E-state index in [1.807, 2.05) is 0 Å². The Hall–Kier alpha value is -2.32. The van der Waals surface area contributed by atoms with E-state index in [1.165, 1.54) is 0 Å². The summed E-state index contributed by atoms with van der Waals surface area (Å²) in [5, 5.41) is 16.2. The van der Waals surface area contributed by atoms with Crippen LogP contribution in [0, 0.1) is 46.6 Å². The standard InChI is InChI=1S/C18H8F4N2S2/c1-3-5-8(16-9(13(5)23)11(19)18(22)26-16)4(2)6-7(3)15-10(14(6)24)12(20)17(21)25-15/h23-24H,1-2H3. The van der Waals surface area contributed by atoms with Gasteiger partial charge in [-0.3, -0.25) is 10.8 Å². The number of rotatable bonds is 0. The minimum absolute atomic E-state index is 0.0762. The summed E-state index contributed by atoms with van der Waals surface area (Å²) in [5.41, 5.74) is 1.11. The predicted octanol–water partition coefficient (Wildman–Crippen LogP) is 5.43. The van der Waals surface area contributed by atoms with E-state index in [9.17, 15) is 17.6 Å². The van der Waals surface area contributed by atoms with E-state index in [-0.39, 0.29) is 21.5 Å². The lowest BCUT2D eigenvalue weighted by molar-refractivity contribution is 0.537. The molecule has 0 aliphatic heterocycles. The average Bonchev–Trinajstić information content (AvgIpc) is 3.23. The molecule has 0 saturated carbocycles. The SMILES string of the molecule is Cc1c2c(=N)c3c(F)c(F)sc3c2c(C)c2c(=N)c3c(F)c(F)sc3c12. The number of halogens is 4. The second-order valence-corrected chi connectivity index (χ2v) is 8.23. The molecular formula is C18H8F4N2S2. The van der Waals surface area contributed by atoms with Crippen molar-refractivity contribution in [2.24, 2.45) is 0 Å². The van der Waals surface area contributed by atoms with Crippen molar-refractivity contribution in [2.75, 3.05) is 0 Å². The summed E-state index contributed by atoms with van der Waals surface area (Å²) >= 11 is 1.25. The van der Waals surface area contributed by atoms with E-state index in [2.05, 4.69) is 0 Å². The van der Waals surface area contributed by atoms with E-state index in [0.29, 0.717) is 64.7 Å². The molecule has 2 nitrogen and oxygen atoms in total. The minimum atomic E-state index is -1.05. The Morgan fingerprint density at radius 1 is 0.577 bits per heavy atom. The predicted molar refractivity (Wildman–Crippen MR) is 95.6 cm³/mol. The van der Waals surface area contributed by atoms with Crippen molar-refractivity contribution >= 4 is 64.4 Å². The highest BCUT2D eigenvalue weighted by atomic mass is 32.1. The maximum Gasteiger partial charge on any atom is 0.213 e. The zero-order valence-electron chi connectivity index (χ0n) is 13.3. The first-order valence-electron chi connectivity index (χ1n) is 7.57. The van der Waals surface area contributed by atoms with Gasteiger partial charge in [0.1, 0.15) is 0 Å². The molecule has 0 aliphatic rings. The van der Waals surface area contributed by atoms with Gasteiger partial charge in [0, 0.05) is 21.5 Å². The van der Waals surface area contributed by atoms with Crippen molar-refractivity contribution in [1.82, 2.24) is 0 Å². The molecule has 0 atom stereocenters. The molecule has 5 aromatic rings. The summed E-state index contributed by atoms with van der Waals surface area (Å²) < 4.78 is 56.5. The molecule has 0 amide bonds. The van der Waals surface area contributed by atoms with Crippen LogP contribution >= 0.6 is 22.7 Å². The molecule has 2 heterocycles. The van der Waals surface area contributed by atoms with Crippen LogP contribution in [0.25, 0.3) is 41.7 Å². The summed E-state index contributed by atoms with van der Waals surface area (Å²) in [5.74, 6) is -2.09. The lowest BCUT2D eigenvalue weighted by Crippen LogP contribution is -2.02. The molecule has 130 valence electrons. The van der Waals surface area contributed by atoms with E-state index < -0.39 is 21.9 Å². The maximum absolute atomic E-state index is 14.2. The van der Waals surface area contributed by atoms with Gasteiger partial charge in [-0.15, -0.1) is 22.7 Å². The van der Waals surface area contributed by atoms with Crippen LogP contribution in [0.1, 0.15) is 11.1 Å². The zero-order chi connectivity index (χ0) is 18.7. The number of thiophene rings is 2.